The number of piperidine rings is 1. The lowest BCUT2D eigenvalue weighted by atomic mass is 9.98. The van der Waals surface area contributed by atoms with Gasteiger partial charge in [-0.05, 0) is 24.8 Å². The van der Waals surface area contributed by atoms with Crippen LogP contribution in [0.2, 0.25) is 5.02 Å². The van der Waals surface area contributed by atoms with Crippen molar-refractivity contribution in [3.8, 4) is 5.75 Å². The minimum Gasteiger partial charge on any atom is -0.493 e. The van der Waals surface area contributed by atoms with Gasteiger partial charge in [-0.1, -0.05) is 11.6 Å². The van der Waals surface area contributed by atoms with Crippen molar-refractivity contribution < 1.29 is 17.9 Å². The molecule has 1 fully saturated rings. The number of pyridine rings is 1. The highest BCUT2D eigenvalue weighted by atomic mass is 35.5. The Kier molecular flexibility index (Phi) is 5.27. The summed E-state index contributed by atoms with van der Waals surface area (Å²) in [5, 5.41) is 0.489. The summed E-state index contributed by atoms with van der Waals surface area (Å²) in [5.74, 6) is 1.09. The fourth-order valence-corrected chi connectivity index (χ4v) is 2.74. The lowest BCUT2D eigenvalue weighted by Gasteiger charge is -2.31. The number of alkyl halides is 3. The van der Waals surface area contributed by atoms with Crippen LogP contribution in [0.5, 0.6) is 5.75 Å². The summed E-state index contributed by atoms with van der Waals surface area (Å²) in [6.45, 7) is 1.90. The van der Waals surface area contributed by atoms with Crippen molar-refractivity contribution in [2.45, 2.75) is 19.0 Å². The van der Waals surface area contributed by atoms with Crippen LogP contribution in [0.1, 0.15) is 18.5 Å². The molecule has 0 radical (unpaired) electrons. The Morgan fingerprint density at radius 2 is 1.84 bits per heavy atom. The van der Waals surface area contributed by atoms with Gasteiger partial charge in [0.1, 0.15) is 11.4 Å². The van der Waals surface area contributed by atoms with Crippen molar-refractivity contribution in [2.75, 3.05) is 24.6 Å². The van der Waals surface area contributed by atoms with E-state index >= 15 is 0 Å². The Morgan fingerprint density at radius 3 is 2.48 bits per heavy atom. The maximum Gasteiger partial charge on any atom is 0.433 e. The Bertz CT molecular complexity index is 703. The molecule has 0 saturated carbocycles. The SMILES string of the molecule is FC(F)(F)c1cc(OCC2CCN(c3ncc(Cl)cn3)CC2)ccn1. The van der Waals surface area contributed by atoms with Crippen LogP contribution >= 0.6 is 11.6 Å². The molecule has 3 rings (SSSR count). The monoisotopic (exact) mass is 372 g/mol. The highest BCUT2D eigenvalue weighted by molar-refractivity contribution is 6.30. The van der Waals surface area contributed by atoms with E-state index in [2.05, 4.69) is 19.9 Å². The molecule has 134 valence electrons. The first-order valence-electron chi connectivity index (χ1n) is 7.80. The zero-order valence-corrected chi connectivity index (χ0v) is 14.0. The van der Waals surface area contributed by atoms with Crippen LogP contribution in [0.25, 0.3) is 0 Å². The molecule has 25 heavy (non-hydrogen) atoms. The van der Waals surface area contributed by atoms with E-state index in [0.29, 0.717) is 17.6 Å². The summed E-state index contributed by atoms with van der Waals surface area (Å²) in [6.07, 6.45) is 1.45. The number of aromatic nitrogens is 3. The van der Waals surface area contributed by atoms with E-state index in [1.807, 2.05) is 0 Å². The van der Waals surface area contributed by atoms with E-state index in [4.69, 9.17) is 16.3 Å². The standard InChI is InChI=1S/C16H16ClF3N4O/c17-12-8-22-15(23-9-12)24-5-2-11(3-6-24)10-25-13-1-4-21-14(7-13)16(18,19)20/h1,4,7-9,11H,2-3,5-6,10H2. The van der Waals surface area contributed by atoms with Gasteiger partial charge in [0.15, 0.2) is 0 Å². The summed E-state index contributed by atoms with van der Waals surface area (Å²) in [6, 6.07) is 2.36. The largest absolute Gasteiger partial charge is 0.493 e. The highest BCUT2D eigenvalue weighted by Gasteiger charge is 2.32. The normalized spacial score (nSPS) is 16.1. The van der Waals surface area contributed by atoms with Crippen LogP contribution in [0.15, 0.2) is 30.7 Å². The first kappa shape index (κ1) is 17.7. The topological polar surface area (TPSA) is 51.1 Å². The van der Waals surface area contributed by atoms with E-state index < -0.39 is 11.9 Å². The summed E-state index contributed by atoms with van der Waals surface area (Å²) in [4.78, 5) is 13.8. The molecule has 9 heteroatoms. The molecule has 0 atom stereocenters. The van der Waals surface area contributed by atoms with Crippen molar-refractivity contribution in [3.63, 3.8) is 0 Å². The van der Waals surface area contributed by atoms with Crippen LogP contribution < -0.4 is 9.64 Å². The molecule has 0 spiro atoms. The van der Waals surface area contributed by atoms with Gasteiger partial charge in [-0.3, -0.25) is 4.98 Å². The van der Waals surface area contributed by atoms with E-state index in [-0.39, 0.29) is 11.7 Å². The molecule has 1 saturated heterocycles. The number of hydrogen-bond acceptors (Lipinski definition) is 5. The van der Waals surface area contributed by atoms with Crippen LogP contribution in [0, 0.1) is 5.92 Å². The van der Waals surface area contributed by atoms with Gasteiger partial charge >= 0.3 is 6.18 Å². The predicted octanol–water partition coefficient (Wildman–Crippen LogP) is 3.84. The molecule has 2 aromatic heterocycles. The van der Waals surface area contributed by atoms with E-state index in [9.17, 15) is 13.2 Å². The molecule has 3 heterocycles. The molecule has 0 amide bonds. The van der Waals surface area contributed by atoms with Crippen molar-refractivity contribution in [2.24, 2.45) is 5.92 Å². The van der Waals surface area contributed by atoms with Gasteiger partial charge in [-0.25, -0.2) is 9.97 Å². The summed E-state index contributed by atoms with van der Waals surface area (Å²) in [5.41, 5.74) is -0.945. The third-order valence-electron chi connectivity index (χ3n) is 4.01. The first-order valence-corrected chi connectivity index (χ1v) is 8.18. The van der Waals surface area contributed by atoms with Crippen molar-refractivity contribution in [3.05, 3.63) is 41.4 Å². The van der Waals surface area contributed by atoms with E-state index in [1.54, 1.807) is 12.4 Å². The quantitative estimate of drug-likeness (QED) is 0.816. The number of ether oxygens (including phenoxy) is 1. The van der Waals surface area contributed by atoms with Crippen LogP contribution in [-0.2, 0) is 6.18 Å². The van der Waals surface area contributed by atoms with Gasteiger partial charge in [-0.15, -0.1) is 0 Å². The molecule has 0 aliphatic carbocycles. The van der Waals surface area contributed by atoms with Gasteiger partial charge in [0.2, 0.25) is 5.95 Å². The van der Waals surface area contributed by atoms with Crippen LogP contribution in [0.4, 0.5) is 19.1 Å². The number of nitrogens with zero attached hydrogens (tertiary/aromatic N) is 4. The molecule has 0 unspecified atom stereocenters. The van der Waals surface area contributed by atoms with Gasteiger partial charge < -0.3 is 9.64 Å². The molecule has 0 bridgehead atoms. The number of anilines is 1. The van der Waals surface area contributed by atoms with Gasteiger partial charge in [0.05, 0.1) is 24.0 Å². The van der Waals surface area contributed by atoms with Crippen molar-refractivity contribution in [1.29, 1.82) is 0 Å². The van der Waals surface area contributed by atoms with E-state index in [1.165, 1.54) is 6.07 Å². The first-order chi connectivity index (χ1) is 11.9. The summed E-state index contributed by atoms with van der Waals surface area (Å²) >= 11 is 5.78. The molecule has 1 aliphatic rings. The van der Waals surface area contributed by atoms with Gasteiger partial charge in [-0.2, -0.15) is 13.2 Å². The minimum atomic E-state index is -4.47. The fourth-order valence-electron chi connectivity index (χ4n) is 2.64. The third kappa shape index (κ3) is 4.72. The number of hydrogen-bond donors (Lipinski definition) is 0. The molecule has 0 aromatic carbocycles. The fraction of sp³-hybridized carbons (Fsp3) is 0.438. The maximum absolute atomic E-state index is 12.6. The maximum atomic E-state index is 12.6. The van der Waals surface area contributed by atoms with Gasteiger partial charge in [0, 0.05) is 25.4 Å². The summed E-state index contributed by atoms with van der Waals surface area (Å²) < 4.78 is 43.5. The molecule has 2 aromatic rings. The van der Waals surface area contributed by atoms with Crippen LogP contribution in [-0.4, -0.2) is 34.6 Å². The average Bonchev–Trinajstić information content (AvgIpc) is 2.61. The molecule has 5 nitrogen and oxygen atoms in total. The molecular weight excluding hydrogens is 357 g/mol. The Labute approximate surface area is 147 Å². The zero-order valence-electron chi connectivity index (χ0n) is 13.2. The van der Waals surface area contributed by atoms with Crippen LogP contribution in [0.3, 0.4) is 0 Å². The second-order valence-corrected chi connectivity index (χ2v) is 6.25. The molecule has 1 aliphatic heterocycles. The molecular formula is C16H16ClF3N4O. The summed E-state index contributed by atoms with van der Waals surface area (Å²) in [7, 11) is 0. The zero-order chi connectivity index (χ0) is 17.9. The lowest BCUT2D eigenvalue weighted by molar-refractivity contribution is -0.141. The Morgan fingerprint density at radius 1 is 1.16 bits per heavy atom. The highest BCUT2D eigenvalue weighted by Crippen LogP contribution is 2.30. The van der Waals surface area contributed by atoms with Crippen molar-refractivity contribution >= 4 is 17.5 Å². The second-order valence-electron chi connectivity index (χ2n) is 5.82. The van der Waals surface area contributed by atoms with Crippen molar-refractivity contribution in [1.82, 2.24) is 15.0 Å². The van der Waals surface area contributed by atoms with E-state index in [0.717, 1.165) is 38.2 Å². The average molecular weight is 373 g/mol. The number of halogens is 4. The number of rotatable bonds is 4. The lowest BCUT2D eigenvalue weighted by Crippen LogP contribution is -2.36. The van der Waals surface area contributed by atoms with Gasteiger partial charge in [0.25, 0.3) is 0 Å². The predicted molar refractivity (Wildman–Crippen MR) is 86.7 cm³/mol. The third-order valence-corrected chi connectivity index (χ3v) is 4.21. The second kappa shape index (κ2) is 7.43. The minimum absolute atomic E-state index is 0.186. The Hall–Kier alpha value is -2.09. The smallest absolute Gasteiger partial charge is 0.433 e. The Balaban J connectivity index is 1.50. The molecule has 0 N–H and O–H groups in total.